The summed E-state index contributed by atoms with van der Waals surface area (Å²) in [5, 5.41) is 11.0. The number of nitrogens with one attached hydrogen (secondary N) is 3. The third-order valence-corrected chi connectivity index (χ3v) is 5.37. The standard InChI is InChI=1S/C23H22F4N4O/c1-13-3-2-4-15(9-13)21(28-12-14-5-6-14)16-7-8-17(24)18(10-16)29-22(32)19-11-20(31-30-19)23(25,26)27/h2-4,7-11,14,21,28H,5-6,12H2,1H3,(H,29,32)(H,30,31). The van der Waals surface area contributed by atoms with Crippen LogP contribution in [0.5, 0.6) is 0 Å². The molecule has 1 aromatic heterocycles. The summed E-state index contributed by atoms with van der Waals surface area (Å²) in [7, 11) is 0. The average Bonchev–Trinajstić information content (AvgIpc) is 3.41. The Hall–Kier alpha value is -3.20. The highest BCUT2D eigenvalue weighted by Crippen LogP contribution is 2.32. The van der Waals surface area contributed by atoms with E-state index < -0.39 is 29.3 Å². The van der Waals surface area contributed by atoms with Gasteiger partial charge in [0.2, 0.25) is 0 Å². The first-order valence-corrected chi connectivity index (χ1v) is 10.2. The third kappa shape index (κ3) is 5.16. The normalized spacial score (nSPS) is 14.9. The molecule has 0 spiro atoms. The minimum Gasteiger partial charge on any atom is -0.318 e. The summed E-state index contributed by atoms with van der Waals surface area (Å²) < 4.78 is 52.7. The van der Waals surface area contributed by atoms with Gasteiger partial charge in [-0.15, -0.1) is 0 Å². The molecule has 3 N–H and O–H groups in total. The van der Waals surface area contributed by atoms with Crippen LogP contribution < -0.4 is 10.6 Å². The van der Waals surface area contributed by atoms with Gasteiger partial charge in [-0.3, -0.25) is 9.89 Å². The topological polar surface area (TPSA) is 69.8 Å². The van der Waals surface area contributed by atoms with Gasteiger partial charge in [-0.25, -0.2) is 4.39 Å². The van der Waals surface area contributed by atoms with Crippen molar-refractivity contribution >= 4 is 11.6 Å². The van der Waals surface area contributed by atoms with E-state index in [1.807, 2.05) is 31.2 Å². The van der Waals surface area contributed by atoms with Gasteiger partial charge in [0, 0.05) is 6.07 Å². The number of aromatic nitrogens is 2. The number of carbonyl (C=O) groups excluding carboxylic acids is 1. The van der Waals surface area contributed by atoms with Crippen molar-refractivity contribution in [2.24, 2.45) is 5.92 Å². The Morgan fingerprint density at radius 3 is 2.56 bits per heavy atom. The van der Waals surface area contributed by atoms with Gasteiger partial charge in [0.05, 0.1) is 11.7 Å². The fraction of sp³-hybridized carbons (Fsp3) is 0.304. The Kier molecular flexibility index (Phi) is 6.01. The van der Waals surface area contributed by atoms with E-state index >= 15 is 0 Å². The Bertz CT molecular complexity index is 1120. The number of anilines is 1. The zero-order chi connectivity index (χ0) is 22.9. The van der Waals surface area contributed by atoms with E-state index in [1.165, 1.54) is 25.0 Å². The summed E-state index contributed by atoms with van der Waals surface area (Å²) in [6.07, 6.45) is -2.32. The molecule has 1 saturated carbocycles. The molecule has 0 saturated heterocycles. The van der Waals surface area contributed by atoms with Gasteiger partial charge in [0.1, 0.15) is 11.5 Å². The van der Waals surface area contributed by atoms with Gasteiger partial charge in [-0.1, -0.05) is 35.9 Å². The summed E-state index contributed by atoms with van der Waals surface area (Å²) in [4.78, 5) is 12.4. The van der Waals surface area contributed by atoms with Crippen LogP contribution in [0.3, 0.4) is 0 Å². The number of halogens is 4. The van der Waals surface area contributed by atoms with Gasteiger partial charge in [-0.2, -0.15) is 18.3 Å². The minimum atomic E-state index is -4.66. The van der Waals surface area contributed by atoms with Crippen LogP contribution in [0, 0.1) is 18.7 Å². The summed E-state index contributed by atoms with van der Waals surface area (Å²) in [6, 6.07) is 12.7. The predicted molar refractivity (Wildman–Crippen MR) is 112 cm³/mol. The molecule has 1 aliphatic rings. The average molecular weight is 446 g/mol. The van der Waals surface area contributed by atoms with Crippen molar-refractivity contribution in [3.63, 3.8) is 0 Å². The fourth-order valence-corrected chi connectivity index (χ4v) is 3.47. The van der Waals surface area contributed by atoms with Gasteiger partial charge in [0.25, 0.3) is 5.91 Å². The van der Waals surface area contributed by atoms with Crippen LogP contribution in [0.1, 0.15) is 51.8 Å². The molecule has 1 fully saturated rings. The summed E-state index contributed by atoms with van der Waals surface area (Å²) in [5.74, 6) is -1.02. The Morgan fingerprint density at radius 1 is 1.16 bits per heavy atom. The first-order valence-electron chi connectivity index (χ1n) is 10.2. The van der Waals surface area contributed by atoms with Crippen LogP contribution in [-0.4, -0.2) is 22.6 Å². The van der Waals surface area contributed by atoms with E-state index in [2.05, 4.69) is 15.7 Å². The smallest absolute Gasteiger partial charge is 0.318 e. The van der Waals surface area contributed by atoms with Gasteiger partial charge in [-0.05, 0) is 55.5 Å². The zero-order valence-corrected chi connectivity index (χ0v) is 17.3. The van der Waals surface area contributed by atoms with Gasteiger partial charge >= 0.3 is 6.18 Å². The molecule has 9 heteroatoms. The number of benzene rings is 2. The molecule has 4 rings (SSSR count). The van der Waals surface area contributed by atoms with Crippen LogP contribution in [0.2, 0.25) is 0 Å². The molecule has 1 unspecified atom stereocenters. The number of hydrogen-bond acceptors (Lipinski definition) is 3. The number of hydrogen-bond donors (Lipinski definition) is 3. The Balaban J connectivity index is 1.59. The lowest BCUT2D eigenvalue weighted by Gasteiger charge is -2.21. The molecule has 32 heavy (non-hydrogen) atoms. The fourth-order valence-electron chi connectivity index (χ4n) is 3.47. The van der Waals surface area contributed by atoms with Crippen molar-refractivity contribution in [1.29, 1.82) is 0 Å². The van der Waals surface area contributed by atoms with E-state index in [0.717, 1.165) is 23.2 Å². The monoisotopic (exact) mass is 446 g/mol. The lowest BCUT2D eigenvalue weighted by molar-refractivity contribution is -0.141. The minimum absolute atomic E-state index is 0.130. The molecule has 3 aromatic rings. The lowest BCUT2D eigenvalue weighted by atomic mass is 9.96. The van der Waals surface area contributed by atoms with Crippen molar-refractivity contribution in [3.05, 3.63) is 82.4 Å². The number of H-pyrrole nitrogens is 1. The molecule has 2 aromatic carbocycles. The highest BCUT2D eigenvalue weighted by Gasteiger charge is 2.34. The Labute approximate surface area is 182 Å². The molecule has 0 radical (unpaired) electrons. The molecule has 1 heterocycles. The van der Waals surface area contributed by atoms with Crippen LogP contribution in [-0.2, 0) is 6.18 Å². The van der Waals surface area contributed by atoms with Crippen LogP contribution in [0.25, 0.3) is 0 Å². The molecule has 0 aliphatic heterocycles. The number of rotatable bonds is 7. The number of aromatic amines is 1. The molecule has 168 valence electrons. The van der Waals surface area contributed by atoms with E-state index in [-0.39, 0.29) is 11.7 Å². The van der Waals surface area contributed by atoms with Crippen LogP contribution in [0.15, 0.2) is 48.5 Å². The molecule has 5 nitrogen and oxygen atoms in total. The highest BCUT2D eigenvalue weighted by atomic mass is 19.4. The summed E-state index contributed by atoms with van der Waals surface area (Å²) in [6.45, 7) is 2.79. The van der Waals surface area contributed by atoms with Gasteiger partial charge in [0.15, 0.2) is 5.69 Å². The second-order valence-corrected chi connectivity index (χ2v) is 8.06. The first kappa shape index (κ1) is 22.0. The molecule has 1 amide bonds. The number of nitrogens with zero attached hydrogens (tertiary/aromatic N) is 1. The highest BCUT2D eigenvalue weighted by molar-refractivity contribution is 6.03. The second-order valence-electron chi connectivity index (χ2n) is 8.06. The van der Waals surface area contributed by atoms with E-state index in [1.54, 1.807) is 11.2 Å². The maximum absolute atomic E-state index is 14.5. The van der Waals surface area contributed by atoms with Crippen molar-refractivity contribution in [1.82, 2.24) is 15.5 Å². The molecule has 1 atom stereocenters. The number of aryl methyl sites for hydroxylation is 1. The summed E-state index contributed by atoms with van der Waals surface area (Å²) >= 11 is 0. The predicted octanol–water partition coefficient (Wildman–Crippen LogP) is 5.22. The van der Waals surface area contributed by atoms with Gasteiger partial charge < -0.3 is 10.6 Å². The third-order valence-electron chi connectivity index (χ3n) is 5.37. The first-order chi connectivity index (χ1) is 15.2. The van der Waals surface area contributed by atoms with E-state index in [0.29, 0.717) is 12.0 Å². The Morgan fingerprint density at radius 2 is 1.91 bits per heavy atom. The molecular formula is C23H22F4N4O. The van der Waals surface area contributed by atoms with Crippen molar-refractivity contribution < 1.29 is 22.4 Å². The maximum atomic E-state index is 14.5. The molecule has 1 aliphatic carbocycles. The lowest BCUT2D eigenvalue weighted by Crippen LogP contribution is -2.25. The van der Waals surface area contributed by atoms with Crippen LogP contribution >= 0.6 is 0 Å². The van der Waals surface area contributed by atoms with E-state index in [9.17, 15) is 22.4 Å². The molecule has 0 bridgehead atoms. The summed E-state index contributed by atoms with van der Waals surface area (Å²) in [5.41, 5.74) is 1.04. The zero-order valence-electron chi connectivity index (χ0n) is 17.3. The van der Waals surface area contributed by atoms with Crippen molar-refractivity contribution in [2.45, 2.75) is 32.0 Å². The maximum Gasteiger partial charge on any atom is 0.432 e. The largest absolute Gasteiger partial charge is 0.432 e. The van der Waals surface area contributed by atoms with Crippen molar-refractivity contribution in [2.75, 3.05) is 11.9 Å². The van der Waals surface area contributed by atoms with Crippen LogP contribution in [0.4, 0.5) is 23.2 Å². The number of carbonyl (C=O) groups is 1. The van der Waals surface area contributed by atoms with E-state index in [4.69, 9.17) is 0 Å². The number of amides is 1. The number of alkyl halides is 3. The SMILES string of the molecule is Cc1cccc(C(NCC2CC2)c2ccc(F)c(NC(=O)c3cc(C(F)(F)F)[nH]n3)c2)c1. The molecular weight excluding hydrogens is 424 g/mol. The van der Waals surface area contributed by atoms with Crippen molar-refractivity contribution in [3.8, 4) is 0 Å². The quantitative estimate of drug-likeness (QED) is 0.436. The second kappa shape index (κ2) is 8.74.